The highest BCUT2D eigenvalue weighted by Crippen LogP contribution is 2.29. The summed E-state index contributed by atoms with van der Waals surface area (Å²) in [5.41, 5.74) is 7.39. The van der Waals surface area contributed by atoms with E-state index < -0.39 is 13.0 Å². The van der Waals surface area contributed by atoms with Crippen molar-refractivity contribution in [1.29, 1.82) is 0 Å². The van der Waals surface area contributed by atoms with Crippen molar-refractivity contribution in [3.63, 3.8) is 0 Å². The van der Waals surface area contributed by atoms with E-state index in [1.807, 2.05) is 30.3 Å². The van der Waals surface area contributed by atoms with Crippen LogP contribution in [0.25, 0.3) is 10.8 Å². The third-order valence-corrected chi connectivity index (χ3v) is 3.28. The van der Waals surface area contributed by atoms with Crippen LogP contribution in [0.15, 0.2) is 36.4 Å². The Morgan fingerprint density at radius 3 is 2.40 bits per heavy atom. The highest BCUT2D eigenvalue weighted by Gasteiger charge is 2.15. The molecule has 0 aliphatic heterocycles. The second kappa shape index (κ2) is 6.63. The molecule has 0 spiro atoms. The zero-order valence-electron chi connectivity index (χ0n) is 11.1. The topological polar surface area (TPSA) is 49.5 Å². The Bertz CT molecular complexity index is 575. The predicted molar refractivity (Wildman–Crippen MR) is 77.1 cm³/mol. The van der Waals surface area contributed by atoms with Gasteiger partial charge in [0.25, 0.3) is 6.43 Å². The summed E-state index contributed by atoms with van der Waals surface area (Å²) in [7, 11) is 0. The Balaban J connectivity index is 2.52. The van der Waals surface area contributed by atoms with Crippen molar-refractivity contribution < 1.29 is 13.9 Å². The third-order valence-electron chi connectivity index (χ3n) is 3.28. The van der Waals surface area contributed by atoms with E-state index in [-0.39, 0.29) is 13.2 Å². The number of alkyl halides is 2. The van der Waals surface area contributed by atoms with E-state index in [2.05, 4.69) is 0 Å². The van der Waals surface area contributed by atoms with Crippen molar-refractivity contribution in [2.45, 2.75) is 13.0 Å². The number of rotatable bonds is 6. The van der Waals surface area contributed by atoms with E-state index in [9.17, 15) is 8.78 Å². The molecule has 5 heteroatoms. The normalized spacial score (nSPS) is 11.2. The van der Waals surface area contributed by atoms with Gasteiger partial charge in [0.1, 0.15) is 0 Å². The fourth-order valence-corrected chi connectivity index (χ4v) is 2.40. The smallest absolute Gasteiger partial charge is 0.255 e. The number of aliphatic hydroxyl groups excluding tert-OH is 1. The first-order valence-corrected chi connectivity index (χ1v) is 6.52. The molecule has 3 nitrogen and oxygen atoms in total. The number of fused-ring (bicyclic) bond motifs is 1. The lowest BCUT2D eigenvalue weighted by atomic mass is 10.0. The van der Waals surface area contributed by atoms with Crippen LogP contribution in [0.5, 0.6) is 0 Å². The molecule has 0 aliphatic carbocycles. The highest BCUT2D eigenvalue weighted by atomic mass is 19.3. The molecule has 0 fully saturated rings. The molecule has 0 bridgehead atoms. The van der Waals surface area contributed by atoms with Gasteiger partial charge in [-0.05, 0) is 17.0 Å². The lowest BCUT2D eigenvalue weighted by molar-refractivity contribution is 0.153. The number of benzene rings is 2. The Hall–Kier alpha value is -1.72. The average Bonchev–Trinajstić information content (AvgIpc) is 2.45. The van der Waals surface area contributed by atoms with E-state index in [0.29, 0.717) is 12.2 Å². The summed E-state index contributed by atoms with van der Waals surface area (Å²) in [4.78, 5) is 1.51. The molecule has 0 unspecified atom stereocenters. The van der Waals surface area contributed by atoms with Gasteiger partial charge in [-0.1, -0.05) is 30.3 Å². The van der Waals surface area contributed by atoms with Crippen LogP contribution < -0.4 is 10.6 Å². The van der Waals surface area contributed by atoms with E-state index in [0.717, 1.165) is 16.3 Å². The van der Waals surface area contributed by atoms with Crippen LogP contribution in [0.2, 0.25) is 0 Å². The number of aliphatic hydroxyl groups is 1. The van der Waals surface area contributed by atoms with E-state index in [1.165, 1.54) is 4.90 Å². The summed E-state index contributed by atoms with van der Waals surface area (Å²) >= 11 is 0. The molecule has 0 aliphatic rings. The van der Waals surface area contributed by atoms with Crippen molar-refractivity contribution in [1.82, 2.24) is 0 Å². The van der Waals surface area contributed by atoms with Crippen LogP contribution in [0.3, 0.4) is 0 Å². The van der Waals surface area contributed by atoms with Gasteiger partial charge in [0.05, 0.1) is 13.2 Å². The second-order valence-corrected chi connectivity index (χ2v) is 4.55. The van der Waals surface area contributed by atoms with Gasteiger partial charge in [-0.25, -0.2) is 8.78 Å². The largest absolute Gasteiger partial charge is 0.395 e. The third kappa shape index (κ3) is 3.05. The lowest BCUT2D eigenvalue weighted by Crippen LogP contribution is -2.31. The first kappa shape index (κ1) is 14.7. The van der Waals surface area contributed by atoms with E-state index >= 15 is 0 Å². The van der Waals surface area contributed by atoms with Crippen LogP contribution in [-0.4, -0.2) is 31.2 Å². The fourth-order valence-electron chi connectivity index (χ4n) is 2.40. The first-order chi connectivity index (χ1) is 9.67. The number of hydrogen-bond acceptors (Lipinski definition) is 3. The first-order valence-electron chi connectivity index (χ1n) is 6.52. The summed E-state index contributed by atoms with van der Waals surface area (Å²) < 4.78 is 25.4. The number of nitrogens with zero attached hydrogens (tertiary/aromatic N) is 1. The molecule has 0 saturated heterocycles. The molecule has 0 atom stereocenters. The molecule has 3 N–H and O–H groups in total. The van der Waals surface area contributed by atoms with Crippen LogP contribution in [0.4, 0.5) is 14.5 Å². The Labute approximate surface area is 116 Å². The minimum absolute atomic E-state index is 0.167. The summed E-state index contributed by atoms with van der Waals surface area (Å²) in [6.07, 6.45) is -2.45. The molecule has 0 amide bonds. The second-order valence-electron chi connectivity index (χ2n) is 4.55. The molecule has 0 aromatic heterocycles. The predicted octanol–water partition coefficient (Wildman–Crippen LogP) is 2.36. The SMILES string of the molecule is NCc1ccc(N(CCO)CC(F)F)c2ccccc12. The molecule has 0 radical (unpaired) electrons. The summed E-state index contributed by atoms with van der Waals surface area (Å²) in [5.74, 6) is 0. The fraction of sp³-hybridized carbons (Fsp3) is 0.333. The van der Waals surface area contributed by atoms with E-state index in [4.69, 9.17) is 10.8 Å². The van der Waals surface area contributed by atoms with Gasteiger partial charge in [0.2, 0.25) is 0 Å². The number of halogens is 2. The maximum atomic E-state index is 12.7. The standard InChI is InChI=1S/C15H18F2N2O/c16-15(17)10-19(7-8-20)14-6-5-11(9-18)12-3-1-2-4-13(12)14/h1-6,15,20H,7-10,18H2. The van der Waals surface area contributed by atoms with Gasteiger partial charge in [-0.2, -0.15) is 0 Å². The van der Waals surface area contributed by atoms with Gasteiger partial charge in [-0.15, -0.1) is 0 Å². The van der Waals surface area contributed by atoms with Crippen molar-refractivity contribution >= 4 is 16.5 Å². The van der Waals surface area contributed by atoms with Gasteiger partial charge in [0.15, 0.2) is 0 Å². The summed E-state index contributed by atoms with van der Waals surface area (Å²) in [5, 5.41) is 10.9. The quantitative estimate of drug-likeness (QED) is 0.854. The van der Waals surface area contributed by atoms with Crippen LogP contribution in [-0.2, 0) is 6.54 Å². The van der Waals surface area contributed by atoms with E-state index in [1.54, 1.807) is 6.07 Å². The molecule has 2 aromatic carbocycles. The van der Waals surface area contributed by atoms with Gasteiger partial charge < -0.3 is 15.7 Å². The van der Waals surface area contributed by atoms with Crippen molar-refractivity contribution in [2.75, 3.05) is 24.6 Å². The minimum atomic E-state index is -2.45. The number of hydrogen-bond donors (Lipinski definition) is 2. The zero-order valence-corrected chi connectivity index (χ0v) is 11.1. The maximum Gasteiger partial charge on any atom is 0.255 e. The van der Waals surface area contributed by atoms with Crippen molar-refractivity contribution in [2.24, 2.45) is 5.73 Å². The molecular formula is C15H18F2N2O. The Morgan fingerprint density at radius 1 is 1.10 bits per heavy atom. The summed E-state index contributed by atoms with van der Waals surface area (Å²) in [6.45, 7) is 0.0121. The molecule has 2 rings (SSSR count). The zero-order chi connectivity index (χ0) is 14.5. The number of anilines is 1. The Morgan fingerprint density at radius 2 is 1.80 bits per heavy atom. The maximum absolute atomic E-state index is 12.7. The average molecular weight is 280 g/mol. The van der Waals surface area contributed by atoms with Crippen molar-refractivity contribution in [3.8, 4) is 0 Å². The van der Waals surface area contributed by atoms with Crippen LogP contribution >= 0.6 is 0 Å². The highest BCUT2D eigenvalue weighted by molar-refractivity contribution is 5.96. The molecule has 2 aromatic rings. The van der Waals surface area contributed by atoms with Crippen LogP contribution in [0.1, 0.15) is 5.56 Å². The molecule has 0 saturated carbocycles. The van der Waals surface area contributed by atoms with Gasteiger partial charge in [0, 0.05) is 24.2 Å². The van der Waals surface area contributed by atoms with Gasteiger partial charge >= 0.3 is 0 Å². The number of nitrogens with two attached hydrogens (primary N) is 1. The minimum Gasteiger partial charge on any atom is -0.395 e. The Kier molecular flexibility index (Phi) is 4.87. The lowest BCUT2D eigenvalue weighted by Gasteiger charge is -2.25. The van der Waals surface area contributed by atoms with Crippen LogP contribution in [0, 0.1) is 0 Å². The molecule has 0 heterocycles. The molecular weight excluding hydrogens is 262 g/mol. The molecule has 108 valence electrons. The summed E-state index contributed by atoms with van der Waals surface area (Å²) in [6, 6.07) is 11.2. The molecule has 20 heavy (non-hydrogen) atoms. The monoisotopic (exact) mass is 280 g/mol. The van der Waals surface area contributed by atoms with Crippen molar-refractivity contribution in [3.05, 3.63) is 42.0 Å². The van der Waals surface area contributed by atoms with Gasteiger partial charge in [-0.3, -0.25) is 0 Å².